The third kappa shape index (κ3) is 3.99. The number of primary amides is 1. The molecule has 2 aromatic heterocycles. The molecule has 0 aliphatic carbocycles. The molecule has 2 aromatic carbocycles. The highest BCUT2D eigenvalue weighted by atomic mass is 32.1. The maximum Gasteiger partial charge on any atom is 0.350 e. The molecule has 0 saturated heterocycles. The van der Waals surface area contributed by atoms with Crippen LogP contribution in [0.3, 0.4) is 0 Å². The van der Waals surface area contributed by atoms with E-state index in [4.69, 9.17) is 10.5 Å². The predicted molar refractivity (Wildman–Crippen MR) is 113 cm³/mol. The second kappa shape index (κ2) is 8.44. The summed E-state index contributed by atoms with van der Waals surface area (Å²) in [6, 6.07) is 13.0. The van der Waals surface area contributed by atoms with Gasteiger partial charge in [-0.3, -0.25) is 9.36 Å². The molecule has 0 atom stereocenters. The SMILES string of the molecule is Cc1nc(C(N)=O)sc1Oc1ccc(-n2ncn(Cc3ccccc3C#N)c2=O)cc1F. The van der Waals surface area contributed by atoms with Gasteiger partial charge in [0.1, 0.15) is 6.33 Å². The van der Waals surface area contributed by atoms with Gasteiger partial charge in [0.2, 0.25) is 5.06 Å². The number of benzene rings is 2. The summed E-state index contributed by atoms with van der Waals surface area (Å²) in [4.78, 5) is 28.0. The number of nitriles is 1. The highest BCUT2D eigenvalue weighted by molar-refractivity contribution is 7.15. The minimum absolute atomic E-state index is 0.0598. The molecule has 32 heavy (non-hydrogen) atoms. The molecule has 11 heteroatoms. The summed E-state index contributed by atoms with van der Waals surface area (Å²) in [6.07, 6.45) is 1.32. The molecular formula is C21H15FN6O3S. The number of hydrogen-bond donors (Lipinski definition) is 1. The minimum atomic E-state index is -0.729. The smallest absolute Gasteiger partial charge is 0.350 e. The summed E-state index contributed by atoms with van der Waals surface area (Å²) < 4.78 is 22.6. The van der Waals surface area contributed by atoms with Crippen molar-refractivity contribution in [2.75, 3.05) is 0 Å². The Kier molecular flexibility index (Phi) is 5.53. The molecule has 0 fully saturated rings. The molecular weight excluding hydrogens is 435 g/mol. The Morgan fingerprint density at radius 2 is 2.09 bits per heavy atom. The molecule has 4 aromatic rings. The highest BCUT2D eigenvalue weighted by Gasteiger charge is 2.17. The molecule has 0 bridgehead atoms. The Morgan fingerprint density at radius 3 is 2.78 bits per heavy atom. The van der Waals surface area contributed by atoms with E-state index in [9.17, 15) is 19.2 Å². The van der Waals surface area contributed by atoms with E-state index in [1.165, 1.54) is 23.0 Å². The third-order valence-corrected chi connectivity index (χ3v) is 5.59. The maximum absolute atomic E-state index is 14.7. The number of carbonyl (C=O) groups excluding carboxylic acids is 1. The number of nitrogens with zero attached hydrogens (tertiary/aromatic N) is 5. The van der Waals surface area contributed by atoms with Gasteiger partial charge >= 0.3 is 5.69 Å². The van der Waals surface area contributed by atoms with Crippen LogP contribution in [-0.2, 0) is 6.54 Å². The Hall–Kier alpha value is -4.30. The Labute approximate surface area is 184 Å². The third-order valence-electron chi connectivity index (χ3n) is 4.54. The number of amides is 1. The zero-order chi connectivity index (χ0) is 22.8. The van der Waals surface area contributed by atoms with Gasteiger partial charge in [0.15, 0.2) is 16.6 Å². The zero-order valence-electron chi connectivity index (χ0n) is 16.7. The van der Waals surface area contributed by atoms with Crippen molar-refractivity contribution in [3.05, 3.63) is 86.9 Å². The lowest BCUT2D eigenvalue weighted by Crippen LogP contribution is -2.24. The number of carbonyl (C=O) groups is 1. The Bertz CT molecular complexity index is 1430. The van der Waals surface area contributed by atoms with Crippen molar-refractivity contribution in [1.29, 1.82) is 5.26 Å². The van der Waals surface area contributed by atoms with Crippen LogP contribution >= 0.6 is 11.3 Å². The van der Waals surface area contributed by atoms with Gasteiger partial charge in [-0.05, 0) is 30.7 Å². The molecule has 0 unspecified atom stereocenters. The van der Waals surface area contributed by atoms with E-state index in [1.807, 2.05) is 0 Å². The highest BCUT2D eigenvalue weighted by Crippen LogP contribution is 2.33. The minimum Gasteiger partial charge on any atom is -0.442 e. The van der Waals surface area contributed by atoms with E-state index in [0.29, 0.717) is 16.8 Å². The largest absolute Gasteiger partial charge is 0.442 e. The fourth-order valence-corrected chi connectivity index (χ4v) is 3.74. The van der Waals surface area contributed by atoms with Crippen LogP contribution < -0.4 is 16.2 Å². The number of hydrogen-bond acceptors (Lipinski definition) is 7. The van der Waals surface area contributed by atoms with E-state index >= 15 is 0 Å². The Balaban J connectivity index is 1.59. The first-order valence-corrected chi connectivity index (χ1v) is 10.1. The van der Waals surface area contributed by atoms with Gasteiger partial charge in [0.05, 0.1) is 29.6 Å². The fourth-order valence-electron chi connectivity index (χ4n) is 2.96. The molecule has 160 valence electrons. The van der Waals surface area contributed by atoms with Crippen molar-refractivity contribution >= 4 is 17.2 Å². The van der Waals surface area contributed by atoms with Crippen molar-refractivity contribution in [2.45, 2.75) is 13.5 Å². The number of aromatic nitrogens is 4. The number of nitrogens with two attached hydrogens (primary N) is 1. The quantitative estimate of drug-likeness (QED) is 0.481. The van der Waals surface area contributed by atoms with Crippen molar-refractivity contribution < 1.29 is 13.9 Å². The van der Waals surface area contributed by atoms with Crippen LogP contribution in [0, 0.1) is 24.1 Å². The molecule has 1 amide bonds. The molecule has 0 aliphatic rings. The van der Waals surface area contributed by atoms with Crippen LogP contribution in [0.2, 0.25) is 0 Å². The molecule has 2 heterocycles. The standard InChI is InChI=1S/C21H15FN6O3S/c1-12-20(32-19(26-12)18(24)29)31-17-7-6-15(8-16(17)22)28-21(30)27(11-25-28)10-14-5-3-2-4-13(14)9-23/h2-8,11H,10H2,1H3,(H2,24,29). The van der Waals surface area contributed by atoms with Crippen LogP contribution in [0.1, 0.15) is 26.6 Å². The van der Waals surface area contributed by atoms with Gasteiger partial charge in [0, 0.05) is 6.07 Å². The monoisotopic (exact) mass is 450 g/mol. The van der Waals surface area contributed by atoms with E-state index in [1.54, 1.807) is 31.2 Å². The maximum atomic E-state index is 14.7. The van der Waals surface area contributed by atoms with Gasteiger partial charge in [-0.1, -0.05) is 29.5 Å². The molecule has 0 spiro atoms. The zero-order valence-corrected chi connectivity index (χ0v) is 17.5. The van der Waals surface area contributed by atoms with Crippen LogP contribution in [0.15, 0.2) is 53.6 Å². The average molecular weight is 450 g/mol. The predicted octanol–water partition coefficient (Wildman–Crippen LogP) is 2.75. The first-order chi connectivity index (χ1) is 15.4. The summed E-state index contributed by atoms with van der Waals surface area (Å²) in [6.45, 7) is 1.76. The molecule has 2 N–H and O–H groups in total. The fraction of sp³-hybridized carbons (Fsp3) is 0.0952. The van der Waals surface area contributed by atoms with E-state index in [-0.39, 0.29) is 28.1 Å². The van der Waals surface area contributed by atoms with Gasteiger partial charge in [0.25, 0.3) is 5.91 Å². The first kappa shape index (κ1) is 21.0. The van der Waals surface area contributed by atoms with Crippen molar-refractivity contribution in [1.82, 2.24) is 19.3 Å². The topological polar surface area (TPSA) is 129 Å². The molecule has 0 saturated carbocycles. The number of rotatable bonds is 6. The number of aryl methyl sites for hydroxylation is 1. The van der Waals surface area contributed by atoms with Gasteiger partial charge in [-0.25, -0.2) is 14.2 Å². The van der Waals surface area contributed by atoms with Gasteiger partial charge in [-0.2, -0.15) is 15.0 Å². The normalized spacial score (nSPS) is 10.7. The first-order valence-electron chi connectivity index (χ1n) is 9.25. The molecule has 4 rings (SSSR count). The summed E-state index contributed by atoms with van der Waals surface area (Å²) in [5.74, 6) is -1.53. The lowest BCUT2D eigenvalue weighted by molar-refractivity contribution is 0.1000. The number of ether oxygens (including phenoxy) is 1. The summed E-state index contributed by atoms with van der Waals surface area (Å²) in [5, 5.41) is 13.6. The van der Waals surface area contributed by atoms with E-state index in [0.717, 1.165) is 22.1 Å². The molecule has 0 aliphatic heterocycles. The van der Waals surface area contributed by atoms with Crippen molar-refractivity contribution in [2.24, 2.45) is 5.73 Å². The van der Waals surface area contributed by atoms with Gasteiger partial charge < -0.3 is 10.5 Å². The average Bonchev–Trinajstić information content (AvgIpc) is 3.33. The van der Waals surface area contributed by atoms with E-state index < -0.39 is 17.4 Å². The van der Waals surface area contributed by atoms with Crippen molar-refractivity contribution in [3.8, 4) is 22.6 Å². The number of halogens is 1. The van der Waals surface area contributed by atoms with Gasteiger partial charge in [-0.15, -0.1) is 0 Å². The van der Waals surface area contributed by atoms with Crippen LogP contribution in [0.4, 0.5) is 4.39 Å². The molecule has 0 radical (unpaired) electrons. The van der Waals surface area contributed by atoms with Crippen LogP contribution in [-0.4, -0.2) is 25.2 Å². The lowest BCUT2D eigenvalue weighted by Gasteiger charge is -2.07. The van der Waals surface area contributed by atoms with Crippen LogP contribution in [0.5, 0.6) is 10.8 Å². The number of thiazole rings is 1. The summed E-state index contributed by atoms with van der Waals surface area (Å²) in [7, 11) is 0. The van der Waals surface area contributed by atoms with E-state index in [2.05, 4.69) is 16.2 Å². The second-order valence-electron chi connectivity index (χ2n) is 6.70. The summed E-state index contributed by atoms with van der Waals surface area (Å²) >= 11 is 0.913. The summed E-state index contributed by atoms with van der Waals surface area (Å²) in [5.41, 5.74) is 6.44. The lowest BCUT2D eigenvalue weighted by atomic mass is 10.1. The van der Waals surface area contributed by atoms with Crippen LogP contribution in [0.25, 0.3) is 5.69 Å². The van der Waals surface area contributed by atoms with Crippen molar-refractivity contribution in [3.63, 3.8) is 0 Å². The molecule has 9 nitrogen and oxygen atoms in total. The second-order valence-corrected chi connectivity index (χ2v) is 7.66. The Morgan fingerprint density at radius 1 is 1.31 bits per heavy atom.